The van der Waals surface area contributed by atoms with Crippen LogP contribution in [0.3, 0.4) is 0 Å². The second-order valence-corrected chi connectivity index (χ2v) is 5.73. The highest BCUT2D eigenvalue weighted by molar-refractivity contribution is 5.99. The Bertz CT molecular complexity index is 901. The predicted molar refractivity (Wildman–Crippen MR) is 97.0 cm³/mol. The third-order valence-corrected chi connectivity index (χ3v) is 4.06. The molecule has 0 saturated heterocycles. The van der Waals surface area contributed by atoms with E-state index in [2.05, 4.69) is 39.8 Å². The number of aromatic nitrogens is 1. The van der Waals surface area contributed by atoms with Crippen molar-refractivity contribution in [1.29, 1.82) is 0 Å². The number of carbonyl (C=O) groups is 1. The van der Waals surface area contributed by atoms with Gasteiger partial charge in [0.05, 0.1) is 12.1 Å². The maximum atomic E-state index is 12.3. The van der Waals surface area contributed by atoms with Crippen molar-refractivity contribution in [2.75, 3.05) is 0 Å². The minimum atomic E-state index is -0.122. The Kier molecular flexibility index (Phi) is 4.66. The van der Waals surface area contributed by atoms with E-state index in [4.69, 9.17) is 0 Å². The van der Waals surface area contributed by atoms with Crippen LogP contribution >= 0.6 is 0 Å². The van der Waals surface area contributed by atoms with Gasteiger partial charge in [-0.3, -0.25) is 9.78 Å². The fourth-order valence-corrected chi connectivity index (χ4v) is 2.68. The van der Waals surface area contributed by atoms with Crippen LogP contribution in [0.25, 0.3) is 10.8 Å². The van der Waals surface area contributed by atoms with Crippen LogP contribution in [0.4, 0.5) is 0 Å². The molecule has 120 valence electrons. The van der Waals surface area contributed by atoms with Crippen molar-refractivity contribution in [3.05, 3.63) is 77.6 Å². The molecule has 0 spiro atoms. The molecule has 0 unspecified atom stereocenters. The molecule has 0 atom stereocenters. The van der Waals surface area contributed by atoms with Gasteiger partial charge < -0.3 is 0 Å². The molecule has 4 nitrogen and oxygen atoms in total. The van der Waals surface area contributed by atoms with E-state index in [9.17, 15) is 4.79 Å². The van der Waals surface area contributed by atoms with Gasteiger partial charge in [-0.1, -0.05) is 36.4 Å². The first kappa shape index (κ1) is 15.9. The van der Waals surface area contributed by atoms with E-state index in [1.807, 2.05) is 38.1 Å². The Hall–Kier alpha value is -3.01. The number of nitrogens with one attached hydrogen (secondary N) is 1. The first-order chi connectivity index (χ1) is 11.6. The first-order valence-corrected chi connectivity index (χ1v) is 7.86. The average Bonchev–Trinajstić information content (AvgIpc) is 2.63. The number of amides is 1. The number of pyridine rings is 1. The zero-order valence-corrected chi connectivity index (χ0v) is 13.8. The summed E-state index contributed by atoms with van der Waals surface area (Å²) in [5, 5.41) is 6.44. The van der Waals surface area contributed by atoms with Gasteiger partial charge in [0.1, 0.15) is 0 Å². The molecular weight excluding hydrogens is 298 g/mol. The minimum absolute atomic E-state index is 0.122. The van der Waals surface area contributed by atoms with Gasteiger partial charge in [0.2, 0.25) is 5.91 Å². The molecule has 4 heteroatoms. The third-order valence-electron chi connectivity index (χ3n) is 4.06. The average molecular weight is 317 g/mol. The Morgan fingerprint density at radius 3 is 2.62 bits per heavy atom. The summed E-state index contributed by atoms with van der Waals surface area (Å²) in [7, 11) is 0. The summed E-state index contributed by atoms with van der Waals surface area (Å²) >= 11 is 0. The van der Waals surface area contributed by atoms with Gasteiger partial charge in [-0.15, -0.1) is 0 Å². The van der Waals surface area contributed by atoms with E-state index in [0.29, 0.717) is 6.42 Å². The summed E-state index contributed by atoms with van der Waals surface area (Å²) in [5.41, 5.74) is 6.49. The van der Waals surface area contributed by atoms with Crippen LogP contribution in [0, 0.1) is 6.92 Å². The van der Waals surface area contributed by atoms with Gasteiger partial charge in [-0.05, 0) is 47.9 Å². The number of hydrogen-bond acceptors (Lipinski definition) is 3. The fraction of sp³-hybridized carbons (Fsp3) is 0.150. The van der Waals surface area contributed by atoms with Crippen LogP contribution in [0.5, 0.6) is 0 Å². The predicted octanol–water partition coefficient (Wildman–Crippen LogP) is 3.63. The zero-order valence-electron chi connectivity index (χ0n) is 13.8. The summed E-state index contributed by atoms with van der Waals surface area (Å²) < 4.78 is 0. The summed E-state index contributed by atoms with van der Waals surface area (Å²) in [6.07, 6.45) is 3.71. The van der Waals surface area contributed by atoms with Crippen LogP contribution in [0.2, 0.25) is 0 Å². The highest BCUT2D eigenvalue weighted by atomic mass is 16.2. The number of carbonyl (C=O) groups excluding carboxylic acids is 1. The van der Waals surface area contributed by atoms with Crippen LogP contribution in [0.1, 0.15) is 23.6 Å². The van der Waals surface area contributed by atoms with Crippen molar-refractivity contribution in [2.24, 2.45) is 5.10 Å². The highest BCUT2D eigenvalue weighted by Crippen LogP contribution is 2.22. The number of hydrazone groups is 1. The maximum absolute atomic E-state index is 12.3. The summed E-state index contributed by atoms with van der Waals surface area (Å²) in [6.45, 7) is 3.89. The monoisotopic (exact) mass is 317 g/mol. The van der Waals surface area contributed by atoms with Gasteiger partial charge >= 0.3 is 0 Å². The second kappa shape index (κ2) is 7.04. The molecule has 1 N–H and O–H groups in total. The standard InChI is InChI=1S/C20H19N3O/c1-14-7-8-17-5-3-4-6-18(17)19(14)13-20(24)23-22-15(2)16-9-11-21-12-10-16/h3-12H,13H2,1-2H3,(H,23,24). The Morgan fingerprint density at radius 2 is 1.83 bits per heavy atom. The number of benzene rings is 2. The van der Waals surface area contributed by atoms with E-state index in [0.717, 1.165) is 33.2 Å². The lowest BCUT2D eigenvalue weighted by Crippen LogP contribution is -2.21. The molecule has 0 saturated carbocycles. The molecule has 0 fully saturated rings. The van der Waals surface area contributed by atoms with Crippen molar-refractivity contribution >= 4 is 22.4 Å². The third kappa shape index (κ3) is 3.49. The lowest BCUT2D eigenvalue weighted by atomic mass is 9.97. The van der Waals surface area contributed by atoms with Gasteiger partial charge in [0.25, 0.3) is 0 Å². The molecule has 0 aliphatic carbocycles. The second-order valence-electron chi connectivity index (χ2n) is 5.73. The minimum Gasteiger partial charge on any atom is -0.273 e. The number of rotatable bonds is 4. The summed E-state index contributed by atoms with van der Waals surface area (Å²) in [6, 6.07) is 16.0. The number of hydrogen-bond donors (Lipinski definition) is 1. The smallest absolute Gasteiger partial charge is 0.244 e. The summed E-state index contributed by atoms with van der Waals surface area (Å²) in [5.74, 6) is -0.122. The quantitative estimate of drug-likeness (QED) is 0.590. The molecule has 0 radical (unpaired) electrons. The van der Waals surface area contributed by atoms with Gasteiger partial charge in [0, 0.05) is 18.0 Å². The van der Waals surface area contributed by atoms with Gasteiger partial charge in [-0.2, -0.15) is 5.10 Å². The lowest BCUT2D eigenvalue weighted by Gasteiger charge is -2.10. The largest absolute Gasteiger partial charge is 0.273 e. The van der Waals surface area contributed by atoms with Crippen molar-refractivity contribution in [2.45, 2.75) is 20.3 Å². The number of nitrogens with zero attached hydrogens (tertiary/aromatic N) is 2. The zero-order chi connectivity index (χ0) is 16.9. The van der Waals surface area contributed by atoms with E-state index in [1.165, 1.54) is 0 Å². The molecular formula is C20H19N3O. The molecule has 0 bridgehead atoms. The SMILES string of the molecule is CC(=NNC(=O)Cc1c(C)ccc2ccccc12)c1ccncc1. The van der Waals surface area contributed by atoms with Crippen LogP contribution in [0.15, 0.2) is 66.0 Å². The molecule has 0 aliphatic heterocycles. The van der Waals surface area contributed by atoms with Crippen molar-refractivity contribution in [3.8, 4) is 0 Å². The van der Waals surface area contributed by atoms with Crippen LogP contribution < -0.4 is 5.43 Å². The molecule has 1 amide bonds. The van der Waals surface area contributed by atoms with E-state index in [-0.39, 0.29) is 5.91 Å². The normalized spacial score (nSPS) is 11.5. The molecule has 0 aliphatic rings. The van der Waals surface area contributed by atoms with Gasteiger partial charge in [0.15, 0.2) is 0 Å². The molecule has 24 heavy (non-hydrogen) atoms. The molecule has 2 aromatic carbocycles. The molecule has 3 aromatic rings. The number of fused-ring (bicyclic) bond motifs is 1. The van der Waals surface area contributed by atoms with Crippen molar-refractivity contribution in [1.82, 2.24) is 10.4 Å². The number of aryl methyl sites for hydroxylation is 1. The molecule has 3 rings (SSSR count). The van der Waals surface area contributed by atoms with Crippen LogP contribution in [-0.2, 0) is 11.2 Å². The van der Waals surface area contributed by atoms with Crippen LogP contribution in [-0.4, -0.2) is 16.6 Å². The Morgan fingerprint density at radius 1 is 1.08 bits per heavy atom. The van der Waals surface area contributed by atoms with Gasteiger partial charge in [-0.25, -0.2) is 5.43 Å². The maximum Gasteiger partial charge on any atom is 0.244 e. The Labute approximate surface area is 141 Å². The Balaban J connectivity index is 1.77. The first-order valence-electron chi connectivity index (χ1n) is 7.86. The topological polar surface area (TPSA) is 54.4 Å². The molecule has 1 heterocycles. The van der Waals surface area contributed by atoms with Crippen molar-refractivity contribution in [3.63, 3.8) is 0 Å². The van der Waals surface area contributed by atoms with E-state index < -0.39 is 0 Å². The van der Waals surface area contributed by atoms with E-state index in [1.54, 1.807) is 12.4 Å². The van der Waals surface area contributed by atoms with Crippen molar-refractivity contribution < 1.29 is 4.79 Å². The van der Waals surface area contributed by atoms with E-state index >= 15 is 0 Å². The lowest BCUT2D eigenvalue weighted by molar-refractivity contribution is -0.120. The summed E-state index contributed by atoms with van der Waals surface area (Å²) in [4.78, 5) is 16.3. The highest BCUT2D eigenvalue weighted by Gasteiger charge is 2.09. The fourth-order valence-electron chi connectivity index (χ4n) is 2.68. The molecule has 1 aromatic heterocycles.